The topological polar surface area (TPSA) is 95.9 Å². The fraction of sp³-hybridized carbons (Fsp3) is 0.890. The van der Waals surface area contributed by atoms with Crippen LogP contribution in [0.5, 0.6) is 0 Å². The Hall–Kier alpha value is -1.92. The number of nitrogens with one attached hydrogen (secondary N) is 1. The van der Waals surface area contributed by atoms with Gasteiger partial charge in [-0.05, 0) is 83.5 Å². The van der Waals surface area contributed by atoms with E-state index in [9.17, 15) is 19.8 Å². The largest absolute Gasteiger partial charge is 0.466 e. The summed E-state index contributed by atoms with van der Waals surface area (Å²) in [5.41, 5.74) is 0. The third kappa shape index (κ3) is 65.1. The molecule has 0 heterocycles. The molecule has 0 aliphatic heterocycles. The van der Waals surface area contributed by atoms with E-state index in [0.29, 0.717) is 19.4 Å². The Morgan fingerprint density at radius 2 is 0.595 bits per heavy atom. The molecule has 2 unspecified atom stereocenters. The van der Waals surface area contributed by atoms with Gasteiger partial charge in [-0.15, -0.1) is 0 Å². The Labute approximate surface area is 494 Å². The number of aliphatic hydroxyl groups is 2. The highest BCUT2D eigenvalue weighted by Gasteiger charge is 2.18. The van der Waals surface area contributed by atoms with Crippen LogP contribution < -0.4 is 5.32 Å². The minimum Gasteiger partial charge on any atom is -0.466 e. The fourth-order valence-corrected chi connectivity index (χ4v) is 11.2. The van der Waals surface area contributed by atoms with Crippen molar-refractivity contribution in [1.29, 1.82) is 0 Å². The first kappa shape index (κ1) is 77.1. The van der Waals surface area contributed by atoms with Crippen LogP contribution in [-0.2, 0) is 14.3 Å². The van der Waals surface area contributed by atoms with E-state index in [0.717, 1.165) is 44.9 Å². The van der Waals surface area contributed by atoms with E-state index < -0.39 is 12.1 Å². The average Bonchev–Trinajstić information content (AvgIpc) is 3.45. The molecule has 6 nitrogen and oxygen atoms in total. The number of carbonyl (C=O) groups is 2. The summed E-state index contributed by atoms with van der Waals surface area (Å²) in [5, 5.41) is 23.3. The van der Waals surface area contributed by atoms with E-state index in [1.807, 2.05) is 6.08 Å². The highest BCUT2D eigenvalue weighted by Crippen LogP contribution is 2.18. The molecule has 3 N–H and O–H groups in total. The summed E-state index contributed by atoms with van der Waals surface area (Å²) in [4.78, 5) is 24.6. The van der Waals surface area contributed by atoms with Gasteiger partial charge in [-0.1, -0.05) is 333 Å². The maximum Gasteiger partial charge on any atom is 0.305 e. The second kappa shape index (κ2) is 68.6. The number of hydrogen-bond donors (Lipinski definition) is 3. The van der Waals surface area contributed by atoms with Gasteiger partial charge < -0.3 is 20.3 Å². The molecule has 0 saturated carbocycles. The van der Waals surface area contributed by atoms with Gasteiger partial charge in [0.2, 0.25) is 5.91 Å². The van der Waals surface area contributed by atoms with E-state index in [1.165, 1.54) is 321 Å². The number of unbranched alkanes of at least 4 members (excludes halogenated alkanes) is 52. The number of amides is 1. The Kier molecular flexibility index (Phi) is 66.9. The summed E-state index contributed by atoms with van der Waals surface area (Å²) in [6.45, 7) is 4.93. The Morgan fingerprint density at radius 1 is 0.342 bits per heavy atom. The first-order chi connectivity index (χ1) is 39.0. The number of rotatable bonds is 67. The van der Waals surface area contributed by atoms with E-state index in [2.05, 4.69) is 43.5 Å². The highest BCUT2D eigenvalue weighted by atomic mass is 16.5. The van der Waals surface area contributed by atoms with Crippen LogP contribution in [0.1, 0.15) is 393 Å². The van der Waals surface area contributed by atoms with Crippen molar-refractivity contribution in [2.24, 2.45) is 0 Å². The minimum atomic E-state index is -0.849. The molecule has 0 spiro atoms. The van der Waals surface area contributed by atoms with Crippen molar-refractivity contribution in [3.63, 3.8) is 0 Å². The number of ether oxygens (including phenoxy) is 1. The molecule has 1 amide bonds. The van der Waals surface area contributed by atoms with Gasteiger partial charge in [-0.25, -0.2) is 0 Å². The van der Waals surface area contributed by atoms with Gasteiger partial charge in [0.15, 0.2) is 0 Å². The van der Waals surface area contributed by atoms with Gasteiger partial charge in [0.05, 0.1) is 25.4 Å². The molecule has 0 aliphatic rings. The van der Waals surface area contributed by atoms with Crippen molar-refractivity contribution in [3.05, 3.63) is 36.5 Å². The second-order valence-electron chi connectivity index (χ2n) is 24.6. The standard InChI is InChI=1S/C73H139NO5/c1-3-5-7-9-11-13-15-17-19-21-22-23-28-31-34-37-41-45-49-53-57-61-65-71(76)70(69-75)74-72(77)66-62-58-54-50-46-42-38-35-32-29-26-24-25-27-30-33-36-40-44-48-52-56-60-64-68-79-73(78)67-63-59-55-51-47-43-39-20-18-16-14-12-10-8-6-4-2/h20,26,29,39,61,65,70-71,75-76H,3-19,21-25,27-28,30-38,40-60,62-64,66-69H2,1-2H3,(H,74,77)/b29-26-,39-20-,65-61+. The zero-order valence-electron chi connectivity index (χ0n) is 53.4. The Bertz CT molecular complexity index is 1280. The SMILES string of the molecule is CCCCCCCCC/C=C\CCCCCCCC(=O)OCCCCCCCCCCCCCC/C=C\CCCCCCCCCCC(=O)NC(CO)C(O)/C=C/CCCCCCCCCCCCCCCCCCCCCC. The quantitative estimate of drug-likeness (QED) is 0.0320. The molecule has 0 fully saturated rings. The average molecular weight is 1110 g/mol. The summed E-state index contributed by atoms with van der Waals surface area (Å²) in [5.74, 6) is -0.0637. The van der Waals surface area contributed by atoms with Crippen molar-refractivity contribution < 1.29 is 24.5 Å². The summed E-state index contributed by atoms with van der Waals surface area (Å²) in [6.07, 6.45) is 87.9. The summed E-state index contributed by atoms with van der Waals surface area (Å²) in [7, 11) is 0. The van der Waals surface area contributed by atoms with Crippen molar-refractivity contribution in [1.82, 2.24) is 5.32 Å². The van der Waals surface area contributed by atoms with Crippen LogP contribution in [0.3, 0.4) is 0 Å². The molecule has 0 aromatic heterocycles. The molecule has 0 bridgehead atoms. The molecule has 0 saturated heterocycles. The molecule has 0 rings (SSSR count). The van der Waals surface area contributed by atoms with E-state index in [4.69, 9.17) is 4.74 Å². The van der Waals surface area contributed by atoms with Crippen LogP contribution in [0, 0.1) is 0 Å². The fourth-order valence-electron chi connectivity index (χ4n) is 11.2. The molecule has 0 aliphatic carbocycles. The monoisotopic (exact) mass is 1110 g/mol. The minimum absolute atomic E-state index is 0.00524. The normalized spacial score (nSPS) is 12.7. The molecule has 6 heteroatoms. The van der Waals surface area contributed by atoms with Crippen LogP contribution >= 0.6 is 0 Å². The van der Waals surface area contributed by atoms with Crippen molar-refractivity contribution in [2.45, 2.75) is 405 Å². The Balaban J connectivity index is 3.43. The lowest BCUT2D eigenvalue weighted by molar-refractivity contribution is -0.143. The molecular formula is C73H139NO5. The third-order valence-electron chi connectivity index (χ3n) is 16.6. The van der Waals surface area contributed by atoms with Crippen molar-refractivity contribution >= 4 is 11.9 Å². The predicted molar refractivity (Wildman–Crippen MR) is 347 cm³/mol. The van der Waals surface area contributed by atoms with Crippen LogP contribution in [0.4, 0.5) is 0 Å². The van der Waals surface area contributed by atoms with Crippen LogP contribution in [0.2, 0.25) is 0 Å². The summed E-state index contributed by atoms with van der Waals surface area (Å²) < 4.78 is 5.49. The zero-order chi connectivity index (χ0) is 57.1. The van der Waals surface area contributed by atoms with Gasteiger partial charge in [-0.2, -0.15) is 0 Å². The maximum atomic E-state index is 12.5. The van der Waals surface area contributed by atoms with E-state index in [-0.39, 0.29) is 18.5 Å². The molecule has 0 radical (unpaired) electrons. The van der Waals surface area contributed by atoms with Crippen LogP contribution in [0.15, 0.2) is 36.5 Å². The molecular weight excluding hydrogens is 971 g/mol. The molecule has 466 valence electrons. The second-order valence-corrected chi connectivity index (χ2v) is 24.6. The number of allylic oxidation sites excluding steroid dienone is 5. The van der Waals surface area contributed by atoms with Crippen LogP contribution in [0.25, 0.3) is 0 Å². The number of esters is 1. The maximum absolute atomic E-state index is 12.5. The summed E-state index contributed by atoms with van der Waals surface area (Å²) >= 11 is 0. The summed E-state index contributed by atoms with van der Waals surface area (Å²) in [6, 6.07) is -0.633. The van der Waals surface area contributed by atoms with Crippen LogP contribution in [-0.4, -0.2) is 47.4 Å². The van der Waals surface area contributed by atoms with Gasteiger partial charge in [0.25, 0.3) is 0 Å². The predicted octanol–water partition coefficient (Wildman–Crippen LogP) is 23.1. The number of carbonyl (C=O) groups excluding carboxylic acids is 2. The van der Waals surface area contributed by atoms with Gasteiger partial charge >= 0.3 is 5.97 Å². The smallest absolute Gasteiger partial charge is 0.305 e. The van der Waals surface area contributed by atoms with Crippen molar-refractivity contribution in [2.75, 3.05) is 13.2 Å². The van der Waals surface area contributed by atoms with E-state index >= 15 is 0 Å². The van der Waals surface area contributed by atoms with Gasteiger partial charge in [0.1, 0.15) is 0 Å². The zero-order valence-corrected chi connectivity index (χ0v) is 53.4. The third-order valence-corrected chi connectivity index (χ3v) is 16.6. The highest BCUT2D eigenvalue weighted by molar-refractivity contribution is 5.76. The molecule has 79 heavy (non-hydrogen) atoms. The van der Waals surface area contributed by atoms with E-state index in [1.54, 1.807) is 6.08 Å². The first-order valence-electron chi connectivity index (χ1n) is 35.8. The lowest BCUT2D eigenvalue weighted by atomic mass is 10.0. The lowest BCUT2D eigenvalue weighted by Crippen LogP contribution is -2.45. The number of aliphatic hydroxyl groups excluding tert-OH is 2. The Morgan fingerprint density at radius 3 is 0.899 bits per heavy atom. The lowest BCUT2D eigenvalue weighted by Gasteiger charge is -2.20. The van der Waals surface area contributed by atoms with Gasteiger partial charge in [0, 0.05) is 12.8 Å². The number of hydrogen-bond acceptors (Lipinski definition) is 5. The molecule has 0 aromatic rings. The first-order valence-corrected chi connectivity index (χ1v) is 35.8. The van der Waals surface area contributed by atoms with Gasteiger partial charge in [-0.3, -0.25) is 9.59 Å². The molecule has 0 aromatic carbocycles. The molecule has 2 atom stereocenters. The van der Waals surface area contributed by atoms with Crippen molar-refractivity contribution in [3.8, 4) is 0 Å².